The highest BCUT2D eigenvalue weighted by Gasteiger charge is 2.11. The van der Waals surface area contributed by atoms with Crippen LogP contribution in [-0.2, 0) is 10.5 Å². The minimum atomic E-state index is 0.0164. The molecule has 1 amide bonds. The van der Waals surface area contributed by atoms with Crippen LogP contribution >= 0.6 is 11.8 Å². The van der Waals surface area contributed by atoms with E-state index in [1.54, 1.807) is 18.0 Å². The zero-order valence-corrected chi connectivity index (χ0v) is 14.2. The van der Waals surface area contributed by atoms with Crippen LogP contribution in [0.25, 0.3) is 0 Å². The summed E-state index contributed by atoms with van der Waals surface area (Å²) >= 11 is 1.62. The first-order valence-corrected chi connectivity index (χ1v) is 8.72. The molecule has 1 aromatic carbocycles. The van der Waals surface area contributed by atoms with Crippen molar-refractivity contribution < 1.29 is 4.79 Å². The third-order valence-corrected chi connectivity index (χ3v) is 4.53. The van der Waals surface area contributed by atoms with E-state index in [-0.39, 0.29) is 11.9 Å². The smallest absolute Gasteiger partial charge is 0.235 e. The van der Waals surface area contributed by atoms with Gasteiger partial charge in [0.2, 0.25) is 5.91 Å². The fourth-order valence-corrected chi connectivity index (χ4v) is 2.95. The summed E-state index contributed by atoms with van der Waals surface area (Å²) in [4.78, 5) is 12.1. The van der Waals surface area contributed by atoms with Crippen molar-refractivity contribution in [3.8, 4) is 0 Å². The number of nitrogens with one attached hydrogen (secondary N) is 1. The van der Waals surface area contributed by atoms with Crippen LogP contribution in [-0.4, -0.2) is 21.4 Å². The summed E-state index contributed by atoms with van der Waals surface area (Å²) in [6, 6.07) is 10.5. The van der Waals surface area contributed by atoms with Crippen LogP contribution < -0.4 is 5.32 Å². The summed E-state index contributed by atoms with van der Waals surface area (Å²) in [5.74, 6) is 2.08. The molecule has 1 atom stereocenters. The molecule has 0 saturated heterocycles. The van der Waals surface area contributed by atoms with Gasteiger partial charge in [0.25, 0.3) is 0 Å². The van der Waals surface area contributed by atoms with Crippen molar-refractivity contribution in [2.45, 2.75) is 39.0 Å². The second kappa shape index (κ2) is 8.03. The zero-order chi connectivity index (χ0) is 15.9. The predicted octanol–water partition coefficient (Wildman–Crippen LogP) is 4.03. The molecule has 0 bridgehead atoms. The van der Waals surface area contributed by atoms with E-state index in [0.29, 0.717) is 5.75 Å². The lowest BCUT2D eigenvalue weighted by molar-refractivity contribution is -0.113. The minimum absolute atomic E-state index is 0.0164. The van der Waals surface area contributed by atoms with Gasteiger partial charge in [-0.25, -0.2) is 4.68 Å². The quantitative estimate of drug-likeness (QED) is 0.838. The van der Waals surface area contributed by atoms with Crippen LogP contribution in [0.2, 0.25) is 0 Å². The maximum absolute atomic E-state index is 12.1. The highest BCUT2D eigenvalue weighted by atomic mass is 32.2. The first kappa shape index (κ1) is 16.6. The van der Waals surface area contributed by atoms with Crippen molar-refractivity contribution >= 4 is 23.5 Å². The average Bonchev–Trinajstić information content (AvgIpc) is 2.94. The number of hydrogen-bond acceptors (Lipinski definition) is 3. The van der Waals surface area contributed by atoms with Crippen molar-refractivity contribution in [3.05, 3.63) is 47.7 Å². The molecule has 4 nitrogen and oxygen atoms in total. The lowest BCUT2D eigenvalue weighted by Gasteiger charge is -2.14. The van der Waals surface area contributed by atoms with Gasteiger partial charge in [-0.3, -0.25) is 4.79 Å². The Bertz CT molecular complexity index is 624. The number of amides is 1. The van der Waals surface area contributed by atoms with Crippen LogP contribution in [0.1, 0.15) is 37.4 Å². The molecule has 118 valence electrons. The van der Waals surface area contributed by atoms with Gasteiger partial charge in [0.15, 0.2) is 0 Å². The average molecular weight is 317 g/mol. The normalized spacial score (nSPS) is 12.1. The minimum Gasteiger partial charge on any atom is -0.310 e. The Morgan fingerprint density at radius 1 is 1.41 bits per heavy atom. The van der Waals surface area contributed by atoms with Crippen LogP contribution in [0.15, 0.2) is 36.5 Å². The Hall–Kier alpha value is -1.75. The molecule has 0 aliphatic carbocycles. The van der Waals surface area contributed by atoms with Crippen LogP contribution in [0.5, 0.6) is 0 Å². The molecule has 1 aromatic heterocycles. The zero-order valence-electron chi connectivity index (χ0n) is 13.4. The summed E-state index contributed by atoms with van der Waals surface area (Å²) in [5, 5.41) is 7.22. The monoisotopic (exact) mass is 317 g/mol. The van der Waals surface area contributed by atoms with Crippen molar-refractivity contribution in [2.24, 2.45) is 0 Å². The maximum atomic E-state index is 12.1. The van der Waals surface area contributed by atoms with Gasteiger partial charge in [-0.15, -0.1) is 11.8 Å². The third-order valence-electron chi connectivity index (χ3n) is 3.53. The number of benzene rings is 1. The van der Waals surface area contributed by atoms with Gasteiger partial charge in [-0.1, -0.05) is 36.8 Å². The van der Waals surface area contributed by atoms with Gasteiger partial charge in [-0.2, -0.15) is 5.10 Å². The molecule has 0 radical (unpaired) electrons. The number of carbonyl (C=O) groups excluding carboxylic acids is 1. The molecule has 1 unspecified atom stereocenters. The number of thioether (sulfide) groups is 1. The standard InChI is InChI=1S/C17H23N3OS/c1-4-14(3)20-16(8-9-18-20)19-17(21)12-22-11-15-7-5-6-13(2)10-15/h5-10,14H,4,11-12H2,1-3H3,(H,19,21). The molecule has 5 heteroatoms. The van der Waals surface area contributed by atoms with E-state index in [9.17, 15) is 4.79 Å². The summed E-state index contributed by atoms with van der Waals surface area (Å²) < 4.78 is 1.86. The number of anilines is 1. The van der Waals surface area contributed by atoms with Crippen molar-refractivity contribution in [1.29, 1.82) is 0 Å². The van der Waals surface area contributed by atoms with E-state index < -0.39 is 0 Å². The van der Waals surface area contributed by atoms with Crippen molar-refractivity contribution in [1.82, 2.24) is 9.78 Å². The molecule has 0 spiro atoms. The number of aromatic nitrogens is 2. The summed E-state index contributed by atoms with van der Waals surface area (Å²) in [6.07, 6.45) is 2.70. The Morgan fingerprint density at radius 3 is 2.95 bits per heavy atom. The number of aryl methyl sites for hydroxylation is 1. The van der Waals surface area contributed by atoms with E-state index in [4.69, 9.17) is 0 Å². The van der Waals surface area contributed by atoms with E-state index in [2.05, 4.69) is 55.5 Å². The van der Waals surface area contributed by atoms with E-state index in [1.165, 1.54) is 11.1 Å². The molecular weight excluding hydrogens is 294 g/mol. The first-order chi connectivity index (χ1) is 10.6. The molecule has 1 N–H and O–H groups in total. The number of rotatable bonds is 7. The lowest BCUT2D eigenvalue weighted by atomic mass is 10.2. The van der Waals surface area contributed by atoms with Gasteiger partial charge in [0.1, 0.15) is 5.82 Å². The maximum Gasteiger partial charge on any atom is 0.235 e. The molecule has 0 saturated carbocycles. The van der Waals surface area contributed by atoms with Gasteiger partial charge >= 0.3 is 0 Å². The second-order valence-electron chi connectivity index (χ2n) is 5.45. The van der Waals surface area contributed by atoms with E-state index >= 15 is 0 Å². The third kappa shape index (κ3) is 4.63. The fourth-order valence-electron chi connectivity index (χ4n) is 2.18. The SMILES string of the molecule is CCC(C)n1nccc1NC(=O)CSCc1cccc(C)c1. The lowest BCUT2D eigenvalue weighted by Crippen LogP contribution is -2.19. The summed E-state index contributed by atoms with van der Waals surface area (Å²) in [7, 11) is 0. The molecule has 0 aliphatic heterocycles. The van der Waals surface area contributed by atoms with Gasteiger partial charge in [0.05, 0.1) is 18.0 Å². The topological polar surface area (TPSA) is 46.9 Å². The van der Waals surface area contributed by atoms with Crippen LogP contribution in [0.3, 0.4) is 0 Å². The molecule has 2 rings (SSSR count). The largest absolute Gasteiger partial charge is 0.310 e. The fraction of sp³-hybridized carbons (Fsp3) is 0.412. The summed E-state index contributed by atoms with van der Waals surface area (Å²) in [6.45, 7) is 6.28. The van der Waals surface area contributed by atoms with Crippen LogP contribution in [0.4, 0.5) is 5.82 Å². The number of hydrogen-bond donors (Lipinski definition) is 1. The van der Waals surface area contributed by atoms with Gasteiger partial charge < -0.3 is 5.32 Å². The van der Waals surface area contributed by atoms with E-state index in [1.807, 2.05) is 10.7 Å². The molecule has 22 heavy (non-hydrogen) atoms. The predicted molar refractivity (Wildman–Crippen MR) is 93.2 cm³/mol. The molecule has 0 fully saturated rings. The van der Waals surface area contributed by atoms with Crippen LogP contribution in [0, 0.1) is 6.92 Å². The summed E-state index contributed by atoms with van der Waals surface area (Å²) in [5.41, 5.74) is 2.50. The molecule has 0 aliphatic rings. The van der Waals surface area contributed by atoms with Crippen molar-refractivity contribution in [2.75, 3.05) is 11.1 Å². The Morgan fingerprint density at radius 2 is 2.23 bits per heavy atom. The second-order valence-corrected chi connectivity index (χ2v) is 6.43. The highest BCUT2D eigenvalue weighted by Crippen LogP contribution is 2.18. The highest BCUT2D eigenvalue weighted by molar-refractivity contribution is 7.99. The number of nitrogens with zero attached hydrogens (tertiary/aromatic N) is 2. The Labute approximate surface area is 136 Å². The van der Waals surface area contributed by atoms with Gasteiger partial charge in [0, 0.05) is 11.8 Å². The molecule has 2 aromatic rings. The molecule has 1 heterocycles. The molecular formula is C17H23N3OS. The Kier molecular flexibility index (Phi) is 6.07. The van der Waals surface area contributed by atoms with Gasteiger partial charge in [-0.05, 0) is 25.8 Å². The van der Waals surface area contributed by atoms with E-state index in [0.717, 1.165) is 18.0 Å². The first-order valence-electron chi connectivity index (χ1n) is 7.56. The Balaban J connectivity index is 1.82. The van der Waals surface area contributed by atoms with Crippen molar-refractivity contribution in [3.63, 3.8) is 0 Å². The number of carbonyl (C=O) groups is 1.